The zero-order chi connectivity index (χ0) is 21.9. The molecule has 4 aromatic rings. The number of benzene rings is 3. The number of methoxy groups -OCH3 is 1. The molecule has 0 N–H and O–H groups in total. The Morgan fingerprint density at radius 1 is 0.938 bits per heavy atom. The van der Waals surface area contributed by atoms with Crippen molar-refractivity contribution in [1.82, 2.24) is 9.55 Å². The third-order valence-electron chi connectivity index (χ3n) is 5.89. The lowest BCUT2D eigenvalue weighted by Gasteiger charge is -2.17. The van der Waals surface area contributed by atoms with Crippen molar-refractivity contribution in [2.45, 2.75) is 18.9 Å². The van der Waals surface area contributed by atoms with Gasteiger partial charge in [0.05, 0.1) is 24.7 Å². The van der Waals surface area contributed by atoms with Crippen LogP contribution in [0, 0.1) is 0 Å². The fourth-order valence-corrected chi connectivity index (χ4v) is 4.31. The maximum atomic E-state index is 12.8. The van der Waals surface area contributed by atoms with Crippen LogP contribution in [-0.4, -0.2) is 35.7 Å². The molecular weight excluding hydrogens is 402 g/mol. The number of carbonyl (C=O) groups is 1. The smallest absolute Gasteiger partial charge is 0.227 e. The quantitative estimate of drug-likeness (QED) is 0.431. The molecule has 0 radical (unpaired) electrons. The molecule has 6 heteroatoms. The van der Waals surface area contributed by atoms with Crippen molar-refractivity contribution in [2.24, 2.45) is 0 Å². The molecule has 6 nitrogen and oxygen atoms in total. The molecular formula is C26H25N3O3. The van der Waals surface area contributed by atoms with E-state index in [0.717, 1.165) is 34.0 Å². The molecule has 1 aromatic heterocycles. The summed E-state index contributed by atoms with van der Waals surface area (Å²) in [6.07, 6.45) is 0.456. The minimum Gasteiger partial charge on any atom is -0.497 e. The third kappa shape index (κ3) is 3.91. The Hall–Kier alpha value is -3.80. The second kappa shape index (κ2) is 8.75. The number of imidazole rings is 1. The van der Waals surface area contributed by atoms with Gasteiger partial charge >= 0.3 is 0 Å². The van der Waals surface area contributed by atoms with Crippen LogP contribution in [-0.2, 0) is 11.3 Å². The Bertz CT molecular complexity index is 1220. The number of hydrogen-bond acceptors (Lipinski definition) is 4. The van der Waals surface area contributed by atoms with Crippen molar-refractivity contribution in [3.63, 3.8) is 0 Å². The molecule has 1 aliphatic heterocycles. The van der Waals surface area contributed by atoms with E-state index in [1.54, 1.807) is 7.11 Å². The highest BCUT2D eigenvalue weighted by molar-refractivity contribution is 5.96. The first-order valence-electron chi connectivity index (χ1n) is 10.8. The molecule has 0 aliphatic carbocycles. The van der Waals surface area contributed by atoms with Gasteiger partial charge in [-0.25, -0.2) is 4.98 Å². The summed E-state index contributed by atoms with van der Waals surface area (Å²) in [5.41, 5.74) is 2.94. The SMILES string of the molecule is COc1ccc(OCCn2c(C3CC(=O)N(c4ccccc4)C3)nc3ccccc32)cc1. The maximum Gasteiger partial charge on any atom is 0.227 e. The normalized spacial score (nSPS) is 16.0. The van der Waals surface area contributed by atoms with Crippen LogP contribution < -0.4 is 14.4 Å². The third-order valence-corrected chi connectivity index (χ3v) is 5.89. The second-order valence-corrected chi connectivity index (χ2v) is 7.88. The fourth-order valence-electron chi connectivity index (χ4n) is 4.31. The van der Waals surface area contributed by atoms with Crippen LogP contribution in [0.5, 0.6) is 11.5 Å². The van der Waals surface area contributed by atoms with Crippen molar-refractivity contribution >= 4 is 22.6 Å². The molecule has 1 fully saturated rings. The first kappa shape index (κ1) is 20.1. The Balaban J connectivity index is 1.37. The average molecular weight is 428 g/mol. The van der Waals surface area contributed by atoms with Crippen LogP contribution in [0.15, 0.2) is 78.9 Å². The number of aromatic nitrogens is 2. The number of anilines is 1. The molecule has 0 bridgehead atoms. The number of nitrogens with zero attached hydrogens (tertiary/aromatic N) is 3. The van der Waals surface area contributed by atoms with Gasteiger partial charge in [-0.2, -0.15) is 0 Å². The molecule has 1 unspecified atom stereocenters. The lowest BCUT2D eigenvalue weighted by molar-refractivity contribution is -0.117. The molecule has 1 amide bonds. The summed E-state index contributed by atoms with van der Waals surface area (Å²) in [5, 5.41) is 0. The Morgan fingerprint density at radius 3 is 2.44 bits per heavy atom. The van der Waals surface area contributed by atoms with E-state index >= 15 is 0 Å². The molecule has 0 saturated carbocycles. The summed E-state index contributed by atoms with van der Waals surface area (Å²) in [6.45, 7) is 1.78. The first-order valence-corrected chi connectivity index (χ1v) is 10.8. The minimum atomic E-state index is 0.0380. The summed E-state index contributed by atoms with van der Waals surface area (Å²) in [5.74, 6) is 2.71. The molecule has 5 rings (SSSR count). The van der Waals surface area contributed by atoms with Crippen LogP contribution in [0.1, 0.15) is 18.2 Å². The Labute approximate surface area is 187 Å². The molecule has 1 atom stereocenters. The van der Waals surface area contributed by atoms with Crippen molar-refractivity contribution in [1.29, 1.82) is 0 Å². The maximum absolute atomic E-state index is 12.8. The number of amides is 1. The zero-order valence-electron chi connectivity index (χ0n) is 18.0. The van der Waals surface area contributed by atoms with Gasteiger partial charge in [-0.3, -0.25) is 4.79 Å². The van der Waals surface area contributed by atoms with E-state index < -0.39 is 0 Å². The fraction of sp³-hybridized carbons (Fsp3) is 0.231. The zero-order valence-corrected chi connectivity index (χ0v) is 18.0. The largest absolute Gasteiger partial charge is 0.497 e. The number of ether oxygens (including phenoxy) is 2. The number of carbonyl (C=O) groups excluding carboxylic acids is 1. The predicted molar refractivity (Wildman–Crippen MR) is 124 cm³/mol. The molecule has 0 spiro atoms. The van der Waals surface area contributed by atoms with Gasteiger partial charge in [0.1, 0.15) is 23.9 Å². The molecule has 2 heterocycles. The van der Waals surface area contributed by atoms with Gasteiger partial charge in [-0.05, 0) is 48.5 Å². The average Bonchev–Trinajstić information content (AvgIpc) is 3.41. The summed E-state index contributed by atoms with van der Waals surface area (Å²) in [4.78, 5) is 19.6. The van der Waals surface area contributed by atoms with Crippen LogP contribution in [0.2, 0.25) is 0 Å². The Morgan fingerprint density at radius 2 is 1.66 bits per heavy atom. The van der Waals surface area contributed by atoms with E-state index in [1.165, 1.54) is 0 Å². The van der Waals surface area contributed by atoms with Gasteiger partial charge in [0.25, 0.3) is 0 Å². The lowest BCUT2D eigenvalue weighted by Crippen LogP contribution is -2.24. The molecule has 1 saturated heterocycles. The molecule has 162 valence electrons. The van der Waals surface area contributed by atoms with E-state index in [2.05, 4.69) is 10.6 Å². The molecule has 1 aliphatic rings. The second-order valence-electron chi connectivity index (χ2n) is 7.88. The van der Waals surface area contributed by atoms with Crippen molar-refractivity contribution in [3.8, 4) is 11.5 Å². The van der Waals surface area contributed by atoms with E-state index in [4.69, 9.17) is 14.5 Å². The van der Waals surface area contributed by atoms with Gasteiger partial charge in [0.15, 0.2) is 0 Å². The number of hydrogen-bond donors (Lipinski definition) is 0. The minimum absolute atomic E-state index is 0.0380. The van der Waals surface area contributed by atoms with Gasteiger partial charge in [0, 0.05) is 24.6 Å². The van der Waals surface area contributed by atoms with E-state index in [1.807, 2.05) is 77.7 Å². The highest BCUT2D eigenvalue weighted by atomic mass is 16.5. The monoisotopic (exact) mass is 427 g/mol. The first-order chi connectivity index (χ1) is 15.7. The van der Waals surface area contributed by atoms with Crippen LogP contribution >= 0.6 is 0 Å². The van der Waals surface area contributed by atoms with E-state index in [-0.39, 0.29) is 11.8 Å². The molecule has 32 heavy (non-hydrogen) atoms. The lowest BCUT2D eigenvalue weighted by atomic mass is 10.1. The van der Waals surface area contributed by atoms with Crippen molar-refractivity contribution in [3.05, 3.63) is 84.7 Å². The van der Waals surface area contributed by atoms with Gasteiger partial charge in [-0.1, -0.05) is 30.3 Å². The number of rotatable bonds is 7. The highest BCUT2D eigenvalue weighted by Crippen LogP contribution is 2.33. The van der Waals surface area contributed by atoms with Crippen molar-refractivity contribution in [2.75, 3.05) is 25.2 Å². The number of fused-ring (bicyclic) bond motifs is 1. The van der Waals surface area contributed by atoms with Crippen LogP contribution in [0.4, 0.5) is 5.69 Å². The van der Waals surface area contributed by atoms with Crippen molar-refractivity contribution < 1.29 is 14.3 Å². The topological polar surface area (TPSA) is 56.6 Å². The van der Waals surface area contributed by atoms with Gasteiger partial charge in [0.2, 0.25) is 5.91 Å². The highest BCUT2D eigenvalue weighted by Gasteiger charge is 2.34. The van der Waals surface area contributed by atoms with Gasteiger partial charge in [-0.15, -0.1) is 0 Å². The van der Waals surface area contributed by atoms with Crippen LogP contribution in [0.3, 0.4) is 0 Å². The van der Waals surface area contributed by atoms with Gasteiger partial charge < -0.3 is 18.9 Å². The number of para-hydroxylation sites is 3. The van der Waals surface area contributed by atoms with E-state index in [9.17, 15) is 4.79 Å². The Kier molecular flexibility index (Phi) is 5.50. The standard InChI is InChI=1S/C26H25N3O3/c1-31-21-11-13-22(14-12-21)32-16-15-28-24-10-6-5-9-23(24)27-26(28)19-17-25(30)29(18-19)20-7-3-2-4-8-20/h2-14,19H,15-18H2,1H3. The summed E-state index contributed by atoms with van der Waals surface area (Å²) >= 11 is 0. The van der Waals surface area contributed by atoms with Crippen LogP contribution in [0.25, 0.3) is 11.0 Å². The predicted octanol–water partition coefficient (Wildman–Crippen LogP) is 4.64. The summed E-state index contributed by atoms with van der Waals surface area (Å²) in [7, 11) is 1.65. The summed E-state index contributed by atoms with van der Waals surface area (Å²) in [6, 6.07) is 25.5. The molecule has 3 aromatic carbocycles. The van der Waals surface area contributed by atoms with E-state index in [0.29, 0.717) is 26.1 Å². The summed E-state index contributed by atoms with van der Waals surface area (Å²) < 4.78 is 13.4.